The first kappa shape index (κ1) is 23.4. The van der Waals surface area contributed by atoms with Crippen LogP contribution in [0.2, 0.25) is 0 Å². The van der Waals surface area contributed by atoms with Crippen molar-refractivity contribution in [3.63, 3.8) is 0 Å². The van der Waals surface area contributed by atoms with Crippen LogP contribution in [0.1, 0.15) is 49.7 Å². The van der Waals surface area contributed by atoms with Gasteiger partial charge in [-0.15, -0.1) is 12.3 Å². The zero-order chi connectivity index (χ0) is 24.3. The van der Waals surface area contributed by atoms with Crippen LogP contribution in [-0.2, 0) is 14.3 Å². The Balaban J connectivity index is 1.40. The van der Waals surface area contributed by atoms with E-state index in [0.29, 0.717) is 0 Å². The molecular weight excluding hydrogens is 432 g/mol. The van der Waals surface area contributed by atoms with Crippen LogP contribution in [0.4, 0.5) is 4.79 Å². The third-order valence-corrected chi connectivity index (χ3v) is 6.69. The number of terminal acetylenes is 1. The third kappa shape index (κ3) is 4.91. The molecule has 0 aliphatic heterocycles. The second-order valence-corrected chi connectivity index (χ2v) is 9.19. The Morgan fingerprint density at radius 2 is 1.71 bits per heavy atom. The number of carboxylic acid groups (broad SMARTS) is 1. The van der Waals surface area contributed by atoms with Gasteiger partial charge in [-0.3, -0.25) is 4.79 Å². The summed E-state index contributed by atoms with van der Waals surface area (Å²) in [6.45, 7) is 1.97. The molecule has 0 radical (unpaired) electrons. The predicted molar refractivity (Wildman–Crippen MR) is 127 cm³/mol. The van der Waals surface area contributed by atoms with Gasteiger partial charge in [-0.2, -0.15) is 0 Å². The summed E-state index contributed by atoms with van der Waals surface area (Å²) in [5.74, 6) is 0.649. The molecule has 7 nitrogen and oxygen atoms in total. The summed E-state index contributed by atoms with van der Waals surface area (Å²) in [6, 6.07) is 15.0. The van der Waals surface area contributed by atoms with E-state index in [1.165, 1.54) is 0 Å². The molecule has 2 aromatic carbocycles. The fourth-order valence-electron chi connectivity index (χ4n) is 4.78. The van der Waals surface area contributed by atoms with Crippen molar-refractivity contribution in [1.82, 2.24) is 10.6 Å². The normalized spacial score (nSPS) is 16.8. The maximum absolute atomic E-state index is 12.8. The molecule has 34 heavy (non-hydrogen) atoms. The highest BCUT2D eigenvalue weighted by atomic mass is 16.5. The van der Waals surface area contributed by atoms with Crippen molar-refractivity contribution in [2.24, 2.45) is 5.92 Å². The number of hydrogen-bond acceptors (Lipinski definition) is 4. The van der Waals surface area contributed by atoms with Crippen LogP contribution in [0.15, 0.2) is 48.5 Å². The predicted octanol–water partition coefficient (Wildman–Crippen LogP) is 3.68. The number of nitrogens with one attached hydrogen (secondary N) is 2. The van der Waals surface area contributed by atoms with Gasteiger partial charge in [-0.1, -0.05) is 48.5 Å². The summed E-state index contributed by atoms with van der Waals surface area (Å²) < 4.78 is 5.65. The number of hydrogen-bond donors (Lipinski definition) is 3. The van der Waals surface area contributed by atoms with Crippen LogP contribution in [0.3, 0.4) is 0 Å². The average molecular weight is 461 g/mol. The lowest BCUT2D eigenvalue weighted by Gasteiger charge is -2.30. The number of aliphatic carboxylic acids is 1. The molecule has 1 saturated carbocycles. The minimum absolute atomic E-state index is 0.0593. The topological polar surface area (TPSA) is 105 Å². The monoisotopic (exact) mass is 460 g/mol. The smallest absolute Gasteiger partial charge is 0.407 e. The molecule has 0 bridgehead atoms. The summed E-state index contributed by atoms with van der Waals surface area (Å²) in [5, 5.41) is 14.6. The minimum atomic E-state index is -1.19. The second-order valence-electron chi connectivity index (χ2n) is 9.19. The molecule has 2 amide bonds. The van der Waals surface area contributed by atoms with Gasteiger partial charge in [0.25, 0.3) is 0 Å². The van der Waals surface area contributed by atoms with E-state index in [0.717, 1.165) is 35.1 Å². The number of carbonyl (C=O) groups excluding carboxylic acids is 2. The molecule has 0 spiro atoms. The largest absolute Gasteiger partial charge is 0.480 e. The van der Waals surface area contributed by atoms with Crippen LogP contribution in [0.5, 0.6) is 0 Å². The van der Waals surface area contributed by atoms with Gasteiger partial charge in [0.15, 0.2) is 0 Å². The van der Waals surface area contributed by atoms with Crippen LogP contribution in [0, 0.1) is 18.3 Å². The fourth-order valence-corrected chi connectivity index (χ4v) is 4.78. The standard InChI is InChI=1S/C27H28N2O5/c1-3-8-23(25(31)32)28-24(30)15-27(2,17-13-14-17)29-26(33)34-16-22-20-11-6-4-9-18(20)19-10-5-7-12-21(19)22/h1,4-7,9-12,17,22-23H,8,13-16H2,2H3,(H,28,30)(H,29,33)(H,31,32). The number of carboxylic acids is 1. The van der Waals surface area contributed by atoms with E-state index in [4.69, 9.17) is 11.2 Å². The van der Waals surface area contributed by atoms with Crippen LogP contribution in [0.25, 0.3) is 11.1 Å². The molecule has 2 unspecified atom stereocenters. The van der Waals surface area contributed by atoms with Crippen molar-refractivity contribution in [2.75, 3.05) is 6.61 Å². The van der Waals surface area contributed by atoms with Crippen molar-refractivity contribution >= 4 is 18.0 Å². The summed E-state index contributed by atoms with van der Waals surface area (Å²) in [5.41, 5.74) is 3.69. The van der Waals surface area contributed by atoms with E-state index in [-0.39, 0.29) is 31.3 Å². The third-order valence-electron chi connectivity index (χ3n) is 6.69. The van der Waals surface area contributed by atoms with E-state index in [9.17, 15) is 19.5 Å². The molecule has 2 aromatic rings. The molecule has 1 fully saturated rings. The first-order valence-corrected chi connectivity index (χ1v) is 11.4. The van der Waals surface area contributed by atoms with E-state index in [1.807, 2.05) is 24.3 Å². The number of rotatable bonds is 9. The Kier molecular flexibility index (Phi) is 6.60. The van der Waals surface area contributed by atoms with E-state index in [1.54, 1.807) is 6.92 Å². The Hall–Kier alpha value is -3.79. The van der Waals surface area contributed by atoms with E-state index < -0.39 is 29.6 Å². The molecule has 7 heteroatoms. The van der Waals surface area contributed by atoms with Crippen molar-refractivity contribution in [3.8, 4) is 23.5 Å². The van der Waals surface area contributed by atoms with E-state index >= 15 is 0 Å². The van der Waals surface area contributed by atoms with Gasteiger partial charge in [-0.05, 0) is 47.9 Å². The van der Waals surface area contributed by atoms with E-state index in [2.05, 4.69) is 40.8 Å². The Bertz CT molecular complexity index is 1100. The number of carbonyl (C=O) groups is 3. The summed E-state index contributed by atoms with van der Waals surface area (Å²) in [4.78, 5) is 36.7. The van der Waals surface area contributed by atoms with Crippen molar-refractivity contribution < 1.29 is 24.2 Å². The number of ether oxygens (including phenoxy) is 1. The molecule has 2 aliphatic carbocycles. The van der Waals surface area contributed by atoms with Gasteiger partial charge >= 0.3 is 12.1 Å². The zero-order valence-electron chi connectivity index (χ0n) is 19.0. The highest BCUT2D eigenvalue weighted by Crippen LogP contribution is 2.45. The van der Waals surface area contributed by atoms with Gasteiger partial charge in [0, 0.05) is 18.8 Å². The maximum atomic E-state index is 12.8. The van der Waals surface area contributed by atoms with Gasteiger partial charge < -0.3 is 20.5 Å². The lowest BCUT2D eigenvalue weighted by molar-refractivity contribution is -0.141. The summed E-state index contributed by atoms with van der Waals surface area (Å²) in [7, 11) is 0. The van der Waals surface area contributed by atoms with Crippen LogP contribution >= 0.6 is 0 Å². The number of benzene rings is 2. The molecule has 2 atom stereocenters. The van der Waals surface area contributed by atoms with Crippen LogP contribution < -0.4 is 10.6 Å². The number of fused-ring (bicyclic) bond motifs is 3. The first-order valence-electron chi connectivity index (χ1n) is 11.4. The molecule has 176 valence electrons. The Labute approximate surface area is 198 Å². The summed E-state index contributed by atoms with van der Waals surface area (Å²) in [6.07, 6.45) is 6.19. The van der Waals surface area contributed by atoms with Crippen molar-refractivity contribution in [3.05, 3.63) is 59.7 Å². The van der Waals surface area contributed by atoms with Crippen LogP contribution in [-0.4, -0.2) is 41.3 Å². The molecule has 0 saturated heterocycles. The number of alkyl carbamates (subject to hydrolysis) is 1. The van der Waals surface area contributed by atoms with Gasteiger partial charge in [-0.25, -0.2) is 9.59 Å². The number of amides is 2. The zero-order valence-corrected chi connectivity index (χ0v) is 19.0. The second kappa shape index (κ2) is 9.60. The lowest BCUT2D eigenvalue weighted by Crippen LogP contribution is -2.52. The fraction of sp³-hybridized carbons (Fsp3) is 0.370. The molecular formula is C27H28N2O5. The first-order chi connectivity index (χ1) is 16.3. The summed E-state index contributed by atoms with van der Waals surface area (Å²) >= 11 is 0. The quantitative estimate of drug-likeness (QED) is 0.495. The van der Waals surface area contributed by atoms with Gasteiger partial charge in [0.05, 0.1) is 5.54 Å². The molecule has 4 rings (SSSR count). The molecule has 0 aromatic heterocycles. The molecule has 3 N–H and O–H groups in total. The Morgan fingerprint density at radius 1 is 1.12 bits per heavy atom. The highest BCUT2D eigenvalue weighted by Gasteiger charge is 2.45. The average Bonchev–Trinajstić information content (AvgIpc) is 3.61. The maximum Gasteiger partial charge on any atom is 0.407 e. The van der Waals surface area contributed by atoms with Crippen molar-refractivity contribution in [1.29, 1.82) is 0 Å². The molecule has 0 heterocycles. The lowest BCUT2D eigenvalue weighted by atomic mass is 9.91. The van der Waals surface area contributed by atoms with Crippen molar-refractivity contribution in [2.45, 2.75) is 50.1 Å². The highest BCUT2D eigenvalue weighted by molar-refractivity contribution is 5.85. The molecule has 2 aliphatic rings. The Morgan fingerprint density at radius 3 is 2.24 bits per heavy atom. The SMILES string of the molecule is C#CCC(NC(=O)CC(C)(NC(=O)OCC1c2ccccc2-c2ccccc21)C1CC1)C(=O)O. The minimum Gasteiger partial charge on any atom is -0.480 e. The van der Waals surface area contributed by atoms with Gasteiger partial charge in [0.1, 0.15) is 12.6 Å². The van der Waals surface area contributed by atoms with Gasteiger partial charge in [0.2, 0.25) is 5.91 Å².